The summed E-state index contributed by atoms with van der Waals surface area (Å²) in [6.45, 7) is 2.20. The van der Waals surface area contributed by atoms with Crippen molar-refractivity contribution in [2.24, 2.45) is 0 Å². The predicted octanol–water partition coefficient (Wildman–Crippen LogP) is 0.669. The fraction of sp³-hybridized carbons (Fsp3) is 0.500. The number of benzene rings is 2. The second kappa shape index (κ2) is 17.5. The number of unbranched alkanes of at least 4 members (excludes halogenated alkanes) is 9. The van der Waals surface area contributed by atoms with Gasteiger partial charge in [-0.1, -0.05) is 82.9 Å². The summed E-state index contributed by atoms with van der Waals surface area (Å²) in [5, 5.41) is 0. The molecule has 0 unspecified atom stereocenters. The molecule has 2 N–H and O–H groups in total. The Balaban J connectivity index is -0.00000289. The largest absolute Gasteiger partial charge is 1.00 e. The first kappa shape index (κ1) is 35.1. The SMILES string of the molecule is CCCCCCCCCCCCc1c(Oc2ccccc2S(=O)(=O)O)cccc1S(=O)(=O)O.[H-].[H-].[Na+].[Na+]. The van der Waals surface area contributed by atoms with Crippen LogP contribution in [-0.2, 0) is 26.7 Å². The van der Waals surface area contributed by atoms with Crippen LogP contribution in [0.4, 0.5) is 0 Å². The summed E-state index contributed by atoms with van der Waals surface area (Å²) in [5.74, 6) is -0.00559. The molecule has 7 nitrogen and oxygen atoms in total. The molecule has 188 valence electrons. The molecular weight excluding hydrogens is 510 g/mol. The zero-order valence-corrected chi connectivity index (χ0v) is 26.7. The molecule has 0 spiro atoms. The van der Waals surface area contributed by atoms with Crippen LogP contribution in [0.1, 0.15) is 79.5 Å². The van der Waals surface area contributed by atoms with E-state index in [-0.39, 0.29) is 83.9 Å². The minimum atomic E-state index is -4.54. The smallest absolute Gasteiger partial charge is 1.00 e. The third-order valence-corrected chi connectivity index (χ3v) is 7.33. The third kappa shape index (κ3) is 12.4. The molecule has 0 aromatic heterocycles. The molecule has 0 fully saturated rings. The van der Waals surface area contributed by atoms with Crippen LogP contribution in [0.3, 0.4) is 0 Å². The first-order valence-electron chi connectivity index (χ1n) is 11.5. The van der Waals surface area contributed by atoms with Gasteiger partial charge in [-0.25, -0.2) is 0 Å². The van der Waals surface area contributed by atoms with E-state index < -0.39 is 25.1 Å². The van der Waals surface area contributed by atoms with Crippen LogP contribution >= 0.6 is 0 Å². The van der Waals surface area contributed by atoms with Crippen LogP contribution in [0, 0.1) is 0 Å². The van der Waals surface area contributed by atoms with E-state index in [4.69, 9.17) is 4.74 Å². The van der Waals surface area contributed by atoms with Crippen molar-refractivity contribution >= 4 is 20.2 Å². The Morgan fingerprint density at radius 3 is 1.66 bits per heavy atom. The van der Waals surface area contributed by atoms with E-state index in [0.717, 1.165) is 19.3 Å². The number of ether oxygens (including phenoxy) is 1. The van der Waals surface area contributed by atoms with Gasteiger partial charge >= 0.3 is 59.1 Å². The maximum Gasteiger partial charge on any atom is 1.00 e. The van der Waals surface area contributed by atoms with E-state index in [1.807, 2.05) is 0 Å². The molecule has 35 heavy (non-hydrogen) atoms. The van der Waals surface area contributed by atoms with Gasteiger partial charge in [0.15, 0.2) is 0 Å². The van der Waals surface area contributed by atoms with Crippen molar-refractivity contribution < 1.29 is 92.6 Å². The molecule has 0 saturated carbocycles. The Morgan fingerprint density at radius 2 is 1.11 bits per heavy atom. The summed E-state index contributed by atoms with van der Waals surface area (Å²) in [6, 6.07) is 9.76. The van der Waals surface area contributed by atoms with Gasteiger partial charge in [0.1, 0.15) is 21.3 Å². The van der Waals surface area contributed by atoms with Crippen molar-refractivity contribution in [3.05, 3.63) is 48.0 Å². The standard InChI is InChI=1S/C24H34O7S2.2Na.2H/c1-2-3-4-5-6-7-8-9-10-11-15-20-21(17-14-19-23(20)32(25,26)27)31-22-16-12-13-18-24(22)33(28,29)30;;;;/h12-14,16-19H,2-11,15H2,1H3,(H,25,26,27)(H,28,29,30);;;;/q;2*+1;2*-1. The van der Waals surface area contributed by atoms with E-state index >= 15 is 0 Å². The van der Waals surface area contributed by atoms with Gasteiger partial charge in [-0.15, -0.1) is 0 Å². The molecular formula is C24H36Na2O7S2. The molecule has 0 aliphatic carbocycles. The first-order valence-corrected chi connectivity index (χ1v) is 14.4. The van der Waals surface area contributed by atoms with Crippen molar-refractivity contribution in [3.8, 4) is 11.5 Å². The number of hydrogen-bond donors (Lipinski definition) is 2. The Kier molecular flexibility index (Phi) is 17.6. The van der Waals surface area contributed by atoms with Gasteiger partial charge in [0.25, 0.3) is 20.2 Å². The molecule has 0 amide bonds. The predicted molar refractivity (Wildman–Crippen MR) is 130 cm³/mol. The summed E-state index contributed by atoms with van der Waals surface area (Å²) in [6.07, 6.45) is 11.6. The normalized spacial score (nSPS) is 11.4. The second-order valence-corrected chi connectivity index (χ2v) is 10.9. The van der Waals surface area contributed by atoms with Crippen molar-refractivity contribution in [1.29, 1.82) is 0 Å². The number of hydrogen-bond acceptors (Lipinski definition) is 5. The van der Waals surface area contributed by atoms with E-state index in [9.17, 15) is 25.9 Å². The molecule has 0 radical (unpaired) electrons. The monoisotopic (exact) mass is 546 g/mol. The van der Waals surface area contributed by atoms with Crippen LogP contribution in [0.2, 0.25) is 0 Å². The maximum atomic E-state index is 11.9. The quantitative estimate of drug-likeness (QED) is 0.192. The van der Waals surface area contributed by atoms with Gasteiger partial charge in [-0.3, -0.25) is 9.11 Å². The van der Waals surface area contributed by atoms with Crippen molar-refractivity contribution in [1.82, 2.24) is 0 Å². The summed E-state index contributed by atoms with van der Waals surface area (Å²) in [5.41, 5.74) is 0.282. The summed E-state index contributed by atoms with van der Waals surface area (Å²) < 4.78 is 72.1. The fourth-order valence-corrected chi connectivity index (χ4v) is 5.16. The van der Waals surface area contributed by atoms with Crippen LogP contribution in [0.15, 0.2) is 52.3 Å². The van der Waals surface area contributed by atoms with E-state index in [0.29, 0.717) is 12.8 Å². The van der Waals surface area contributed by atoms with Crippen LogP contribution in [0.25, 0.3) is 0 Å². The second-order valence-electron chi connectivity index (χ2n) is 8.16. The first-order chi connectivity index (χ1) is 15.6. The molecule has 2 aromatic rings. The molecule has 2 rings (SSSR count). The van der Waals surface area contributed by atoms with Crippen molar-refractivity contribution in [3.63, 3.8) is 0 Å². The Hall–Kier alpha value is 0.0600. The molecule has 0 saturated heterocycles. The molecule has 0 atom stereocenters. The van der Waals surface area contributed by atoms with Crippen LogP contribution in [-0.4, -0.2) is 25.9 Å². The summed E-state index contributed by atoms with van der Waals surface area (Å²) in [7, 11) is -9.03. The maximum absolute atomic E-state index is 11.9. The van der Waals surface area contributed by atoms with Crippen LogP contribution in [0.5, 0.6) is 11.5 Å². The topological polar surface area (TPSA) is 118 Å². The third-order valence-electron chi connectivity index (χ3n) is 5.50. The van der Waals surface area contributed by atoms with Gasteiger partial charge in [-0.2, -0.15) is 16.8 Å². The van der Waals surface area contributed by atoms with Gasteiger partial charge < -0.3 is 7.59 Å². The van der Waals surface area contributed by atoms with E-state index in [2.05, 4.69) is 6.92 Å². The fourth-order valence-electron chi connectivity index (χ4n) is 3.78. The Morgan fingerprint density at radius 1 is 0.657 bits per heavy atom. The van der Waals surface area contributed by atoms with Gasteiger partial charge in [0, 0.05) is 5.56 Å². The van der Waals surface area contributed by atoms with Crippen molar-refractivity contribution in [2.45, 2.75) is 87.3 Å². The molecule has 2 aromatic carbocycles. The molecule has 0 aliphatic rings. The Bertz CT molecular complexity index is 1120. The number of rotatable bonds is 15. The van der Waals surface area contributed by atoms with Gasteiger partial charge in [-0.05, 0) is 37.1 Å². The van der Waals surface area contributed by atoms with Crippen molar-refractivity contribution in [2.75, 3.05) is 0 Å². The molecule has 11 heteroatoms. The Labute approximate surface area is 257 Å². The van der Waals surface area contributed by atoms with E-state index in [1.54, 1.807) is 6.07 Å². The molecule has 0 heterocycles. The van der Waals surface area contributed by atoms with Crippen LogP contribution < -0.4 is 63.9 Å². The minimum absolute atomic E-state index is 0. The average molecular weight is 547 g/mol. The molecule has 0 aliphatic heterocycles. The zero-order valence-electron chi connectivity index (χ0n) is 23.1. The van der Waals surface area contributed by atoms with Gasteiger partial charge in [0.2, 0.25) is 0 Å². The summed E-state index contributed by atoms with van der Waals surface area (Å²) in [4.78, 5) is -0.688. The zero-order chi connectivity index (χ0) is 24.3. The molecule has 0 bridgehead atoms. The van der Waals surface area contributed by atoms with E-state index in [1.165, 1.54) is 74.9 Å². The number of para-hydroxylation sites is 1. The van der Waals surface area contributed by atoms with Gasteiger partial charge in [0.05, 0.1) is 0 Å². The average Bonchev–Trinajstić information content (AvgIpc) is 2.74. The minimum Gasteiger partial charge on any atom is -1.00 e. The summed E-state index contributed by atoms with van der Waals surface area (Å²) >= 11 is 0.